The van der Waals surface area contributed by atoms with Crippen LogP contribution >= 0.6 is 17.1 Å². The zero-order chi connectivity index (χ0) is 26.4. The molecule has 4 aromatic carbocycles. The first kappa shape index (κ1) is 33.3. The van der Waals surface area contributed by atoms with E-state index in [1.165, 1.54) is 44.5 Å². The molecule has 0 radical (unpaired) electrons. The van der Waals surface area contributed by atoms with Crippen LogP contribution in [0.3, 0.4) is 0 Å². The Morgan fingerprint density at radius 2 is 0.897 bits per heavy atom. The topological polar surface area (TPSA) is 0 Å². The van der Waals surface area contributed by atoms with E-state index in [2.05, 4.69) is 72.5 Å². The molecule has 0 spiro atoms. The predicted octanol–water partition coefficient (Wildman–Crippen LogP) is 9.30. The van der Waals surface area contributed by atoms with Crippen molar-refractivity contribution in [2.75, 3.05) is 5.90 Å². The molecule has 2 aliphatic carbocycles. The molecule has 0 atom stereocenters. The van der Waals surface area contributed by atoms with Gasteiger partial charge < -0.3 is 12.8 Å². The van der Waals surface area contributed by atoms with E-state index in [1.807, 2.05) is 24.3 Å². The Kier molecular flexibility index (Phi) is 13.4. The number of halogens is 4. The summed E-state index contributed by atoms with van der Waals surface area (Å²) in [5, 5.41) is 0. The summed E-state index contributed by atoms with van der Waals surface area (Å²) < 4.78 is 43.7. The molecular formula is C31H22Au2F4P2+2. The van der Waals surface area contributed by atoms with Gasteiger partial charge in [-0.1, -0.05) is 60.7 Å². The van der Waals surface area contributed by atoms with Gasteiger partial charge in [0.25, 0.3) is 5.90 Å². The maximum absolute atomic E-state index is 10.9. The van der Waals surface area contributed by atoms with Gasteiger partial charge in [0.05, 0.1) is 0 Å². The second kappa shape index (κ2) is 15.7. The molecule has 0 unspecified atom stereocenters. The fraction of sp³-hybridized carbons (Fsp3) is 0.0968. The molecule has 0 bridgehead atoms. The average molecular weight is 926 g/mol. The van der Waals surface area contributed by atoms with Gasteiger partial charge in [-0.25, -0.2) is 0 Å². The zero-order valence-electron chi connectivity index (χ0n) is 20.3. The van der Waals surface area contributed by atoms with E-state index in [0.717, 1.165) is 24.0 Å². The van der Waals surface area contributed by atoms with Crippen molar-refractivity contribution in [2.24, 2.45) is 0 Å². The van der Waals surface area contributed by atoms with Gasteiger partial charge in [0.15, 0.2) is 0 Å². The number of benzene rings is 4. The van der Waals surface area contributed by atoms with Gasteiger partial charge in [0.2, 0.25) is 0 Å². The Morgan fingerprint density at radius 3 is 1.23 bits per heavy atom. The Labute approximate surface area is 261 Å². The fourth-order valence-corrected chi connectivity index (χ4v) is 5.31. The summed E-state index contributed by atoms with van der Waals surface area (Å²) in [7, 11) is -7.28. The van der Waals surface area contributed by atoms with Crippen molar-refractivity contribution >= 4 is 17.1 Å². The van der Waals surface area contributed by atoms with Crippen LogP contribution in [0.4, 0.5) is 16.8 Å². The number of fused-ring (bicyclic) bond motifs is 6. The zero-order valence-corrected chi connectivity index (χ0v) is 26.7. The summed E-state index contributed by atoms with van der Waals surface area (Å²) in [6, 6.07) is 29.1. The Hall–Kier alpha value is -1.94. The summed E-state index contributed by atoms with van der Waals surface area (Å²) in [5.74, 6) is 3.77. The standard InChI is InChI=1S/2C15H9.CH2F4P2.2Au/c2*1-2-11-7-8-13-10-12-5-3-4-6-14(12)15(13)9-11;2-6(3)1-7(4)5;;/h2*3-9H,10H2;1H2;;/q2*-1;;2*+1/p+2. The van der Waals surface area contributed by atoms with Crippen LogP contribution in [0.25, 0.3) is 22.3 Å². The van der Waals surface area contributed by atoms with Gasteiger partial charge in [-0.05, 0) is 74.1 Å². The Bertz CT molecular complexity index is 1390. The average Bonchev–Trinajstić information content (AvgIpc) is 3.46. The molecule has 0 N–H and O–H groups in total. The van der Waals surface area contributed by atoms with Gasteiger partial charge in [-0.2, -0.15) is 0 Å². The summed E-state index contributed by atoms with van der Waals surface area (Å²) in [6.45, 7) is 0. The quantitative estimate of drug-likeness (QED) is 0.0535. The van der Waals surface area contributed by atoms with Gasteiger partial charge in [0, 0.05) is 0 Å². The Balaban J connectivity index is 0.000000214. The van der Waals surface area contributed by atoms with Crippen LogP contribution in [-0.4, -0.2) is 5.90 Å². The SMILES string of the molecule is F[PH+](F)C[PH+](F)F.[Au+].[Au+].[C-]#Cc1ccc2c(c1)-c1ccccc1C2.[C-]#Cc1ccc2c(c1)-c1ccccc1C2. The van der Waals surface area contributed by atoms with Crippen molar-refractivity contribution in [3.63, 3.8) is 0 Å². The number of hydrogen-bond donors (Lipinski definition) is 0. The molecule has 4 aromatic rings. The second-order valence-corrected chi connectivity index (χ2v) is 11.3. The molecule has 6 rings (SSSR count). The van der Waals surface area contributed by atoms with Crippen LogP contribution in [0.5, 0.6) is 0 Å². The summed E-state index contributed by atoms with van der Waals surface area (Å²) in [4.78, 5) is 0. The first-order valence-electron chi connectivity index (χ1n) is 11.5. The molecule has 0 heterocycles. The minimum absolute atomic E-state index is 0. The molecule has 0 nitrogen and oxygen atoms in total. The van der Waals surface area contributed by atoms with E-state index in [4.69, 9.17) is 12.8 Å². The third kappa shape index (κ3) is 8.52. The first-order valence-corrected chi connectivity index (χ1v) is 14.4. The molecule has 2 aliphatic rings. The first-order chi connectivity index (χ1) is 17.9. The largest absolute Gasteiger partial charge is 1.00 e. The van der Waals surface area contributed by atoms with Crippen LogP contribution in [-0.2, 0) is 57.6 Å². The van der Waals surface area contributed by atoms with E-state index in [-0.39, 0.29) is 44.8 Å². The minimum atomic E-state index is -3.64. The maximum atomic E-state index is 10.9. The van der Waals surface area contributed by atoms with Crippen molar-refractivity contribution < 1.29 is 61.5 Å². The van der Waals surface area contributed by atoms with Gasteiger partial charge in [-0.15, -0.1) is 35.4 Å². The fourth-order valence-electron chi connectivity index (χ4n) is 4.50. The molecule has 0 amide bonds. The van der Waals surface area contributed by atoms with Crippen molar-refractivity contribution in [1.82, 2.24) is 0 Å². The second-order valence-electron chi connectivity index (χ2n) is 8.52. The minimum Gasteiger partial charge on any atom is -0.366 e. The molecule has 204 valence electrons. The van der Waals surface area contributed by atoms with E-state index in [9.17, 15) is 16.8 Å². The van der Waals surface area contributed by atoms with Crippen LogP contribution in [0.1, 0.15) is 33.4 Å². The third-order valence-corrected chi connectivity index (χ3v) is 8.29. The monoisotopic (exact) mass is 926 g/mol. The molecule has 8 heteroatoms. The van der Waals surface area contributed by atoms with Gasteiger partial charge in [-0.3, -0.25) is 11.8 Å². The summed E-state index contributed by atoms with van der Waals surface area (Å²) >= 11 is 0. The number of hydrogen-bond acceptors (Lipinski definition) is 0. The van der Waals surface area contributed by atoms with Crippen LogP contribution in [0.15, 0.2) is 84.9 Å². The maximum Gasteiger partial charge on any atom is 1.00 e. The van der Waals surface area contributed by atoms with Crippen LogP contribution in [0.2, 0.25) is 0 Å². The molecule has 0 aromatic heterocycles. The van der Waals surface area contributed by atoms with Crippen molar-refractivity contribution in [3.8, 4) is 34.1 Å². The summed E-state index contributed by atoms with van der Waals surface area (Å²) in [5.41, 5.74) is 12.3. The molecule has 0 fully saturated rings. The molecule has 39 heavy (non-hydrogen) atoms. The van der Waals surface area contributed by atoms with E-state index in [1.54, 1.807) is 0 Å². The third-order valence-electron chi connectivity index (χ3n) is 6.15. The van der Waals surface area contributed by atoms with Crippen LogP contribution < -0.4 is 0 Å². The van der Waals surface area contributed by atoms with Crippen molar-refractivity contribution in [1.29, 1.82) is 0 Å². The molecule has 0 saturated carbocycles. The normalized spacial score (nSPS) is 11.0. The number of rotatable bonds is 2. The Morgan fingerprint density at radius 1 is 0.538 bits per heavy atom. The smallest absolute Gasteiger partial charge is 0.366 e. The van der Waals surface area contributed by atoms with E-state index in [0.29, 0.717) is 0 Å². The van der Waals surface area contributed by atoms with Gasteiger partial charge >= 0.3 is 61.8 Å². The van der Waals surface area contributed by atoms with Crippen molar-refractivity contribution in [3.05, 3.63) is 131 Å². The van der Waals surface area contributed by atoms with E-state index < -0.39 is 23.0 Å². The van der Waals surface area contributed by atoms with Crippen LogP contribution in [0, 0.1) is 24.7 Å². The molecule has 0 aliphatic heterocycles. The molecule has 0 saturated heterocycles. The summed E-state index contributed by atoms with van der Waals surface area (Å²) in [6.07, 6.45) is 16.3. The predicted molar refractivity (Wildman–Crippen MR) is 148 cm³/mol. The van der Waals surface area contributed by atoms with Gasteiger partial charge in [0.1, 0.15) is 0 Å². The molecular weight excluding hydrogens is 904 g/mol. The van der Waals surface area contributed by atoms with E-state index >= 15 is 0 Å². The van der Waals surface area contributed by atoms with Crippen molar-refractivity contribution in [2.45, 2.75) is 12.8 Å².